The topological polar surface area (TPSA) is 124 Å². The van der Waals surface area contributed by atoms with Gasteiger partial charge in [0.1, 0.15) is 12.1 Å². The molecule has 0 aromatic carbocycles. The average Bonchev–Trinajstić information content (AvgIpc) is 3.25. The largest absolute Gasteiger partial charge is 0.465 e. The molecule has 0 aromatic rings. The number of nitrogens with zero attached hydrogens (tertiary/aromatic N) is 2. The summed E-state index contributed by atoms with van der Waals surface area (Å²) in [6.07, 6.45) is 4.79. The molecule has 3 amide bonds. The van der Waals surface area contributed by atoms with Gasteiger partial charge < -0.3 is 20.8 Å². The maximum absolute atomic E-state index is 14.2. The molecule has 6 aliphatic rings. The van der Waals surface area contributed by atoms with Crippen molar-refractivity contribution in [1.29, 1.82) is 0 Å². The molecule has 31 heavy (non-hydrogen) atoms. The molecule has 172 valence electrons. The van der Waals surface area contributed by atoms with Crippen molar-refractivity contribution in [2.75, 3.05) is 0 Å². The van der Waals surface area contributed by atoms with Crippen LogP contribution in [-0.4, -0.2) is 67.2 Å². The molecule has 1 aliphatic heterocycles. The molecular formula is C23H35N3O5. The molecule has 1 heterocycles. The van der Waals surface area contributed by atoms with Crippen molar-refractivity contribution in [3.63, 3.8) is 0 Å². The molecule has 6 rings (SSSR count). The molecule has 0 aromatic heterocycles. The fourth-order valence-corrected chi connectivity index (χ4v) is 8.20. The number of carbonyl (C=O) groups is 3. The van der Waals surface area contributed by atoms with Crippen molar-refractivity contribution in [1.82, 2.24) is 9.80 Å². The fraction of sp³-hybridized carbons (Fsp3) is 0.870. The normalized spacial score (nSPS) is 43.5. The third-order valence-corrected chi connectivity index (χ3v) is 8.76. The zero-order valence-corrected chi connectivity index (χ0v) is 18.7. The lowest BCUT2D eigenvalue weighted by atomic mass is 9.45. The van der Waals surface area contributed by atoms with Gasteiger partial charge in [0, 0.05) is 17.0 Å². The second-order valence-corrected chi connectivity index (χ2v) is 12.2. The summed E-state index contributed by atoms with van der Waals surface area (Å²) in [7, 11) is 0. The molecule has 6 fully saturated rings. The molecule has 8 atom stereocenters. The lowest BCUT2D eigenvalue weighted by Gasteiger charge is -2.64. The zero-order valence-electron chi connectivity index (χ0n) is 18.7. The lowest BCUT2D eigenvalue weighted by molar-refractivity contribution is -0.195. The van der Waals surface area contributed by atoms with E-state index < -0.39 is 40.6 Å². The van der Waals surface area contributed by atoms with E-state index in [9.17, 15) is 24.6 Å². The minimum atomic E-state index is -1.13. The van der Waals surface area contributed by atoms with Crippen LogP contribution < -0.4 is 5.73 Å². The fourth-order valence-electron chi connectivity index (χ4n) is 8.20. The predicted molar refractivity (Wildman–Crippen MR) is 112 cm³/mol. The molecule has 8 heteroatoms. The first kappa shape index (κ1) is 21.0. The van der Waals surface area contributed by atoms with Crippen molar-refractivity contribution < 1.29 is 24.6 Å². The summed E-state index contributed by atoms with van der Waals surface area (Å²) in [6.45, 7) is 5.43. The van der Waals surface area contributed by atoms with Gasteiger partial charge in [-0.25, -0.2) is 4.79 Å². The number of amides is 3. The van der Waals surface area contributed by atoms with Crippen LogP contribution in [0.2, 0.25) is 0 Å². The second-order valence-electron chi connectivity index (χ2n) is 12.2. The van der Waals surface area contributed by atoms with Crippen LogP contribution in [0, 0.1) is 23.2 Å². The maximum Gasteiger partial charge on any atom is 0.408 e. The van der Waals surface area contributed by atoms with Gasteiger partial charge in [-0.3, -0.25) is 14.5 Å². The van der Waals surface area contributed by atoms with Crippen molar-refractivity contribution in [3.8, 4) is 0 Å². The Morgan fingerprint density at radius 1 is 1.06 bits per heavy atom. The van der Waals surface area contributed by atoms with Crippen LogP contribution in [0.4, 0.5) is 4.79 Å². The third kappa shape index (κ3) is 3.16. The van der Waals surface area contributed by atoms with E-state index in [1.807, 2.05) is 20.8 Å². The van der Waals surface area contributed by atoms with E-state index in [0.717, 1.165) is 38.5 Å². The Bertz CT molecular complexity index is 822. The van der Waals surface area contributed by atoms with Crippen LogP contribution in [0.5, 0.6) is 0 Å². The molecule has 8 nitrogen and oxygen atoms in total. The van der Waals surface area contributed by atoms with Crippen LogP contribution >= 0.6 is 0 Å². The van der Waals surface area contributed by atoms with E-state index in [4.69, 9.17) is 5.73 Å². The van der Waals surface area contributed by atoms with Gasteiger partial charge in [-0.05, 0) is 89.9 Å². The Kier molecular flexibility index (Phi) is 4.32. The molecule has 2 unspecified atom stereocenters. The number of carbonyl (C=O) groups excluding carboxylic acids is 2. The first-order valence-electron chi connectivity index (χ1n) is 11.7. The SMILES string of the molecule is CC(C)(C)N(C(=O)O)[C@H](C(=O)N1[C@H](C(N)=O)C[C@@H]2C[C@@H]21)C12C[C@@H]3C[C@@H](CC(O)(C3)C1)C2. The van der Waals surface area contributed by atoms with E-state index in [2.05, 4.69) is 0 Å². The number of fused-ring (bicyclic) bond motifs is 1. The Hall–Kier alpha value is -1.83. The molecular weight excluding hydrogens is 398 g/mol. The quantitative estimate of drug-likeness (QED) is 0.625. The van der Waals surface area contributed by atoms with Gasteiger partial charge in [-0.2, -0.15) is 0 Å². The van der Waals surface area contributed by atoms with Gasteiger partial charge in [0.15, 0.2) is 0 Å². The van der Waals surface area contributed by atoms with Gasteiger partial charge in [-0.15, -0.1) is 0 Å². The average molecular weight is 434 g/mol. The zero-order chi connectivity index (χ0) is 22.5. The monoisotopic (exact) mass is 433 g/mol. The number of piperidine rings is 1. The predicted octanol–water partition coefficient (Wildman–Crippen LogP) is 1.94. The number of aliphatic hydroxyl groups is 1. The number of primary amides is 1. The Balaban J connectivity index is 1.60. The minimum Gasteiger partial charge on any atom is -0.465 e. The molecule has 5 saturated carbocycles. The van der Waals surface area contributed by atoms with E-state index in [-0.39, 0.29) is 17.9 Å². The summed E-state index contributed by atoms with van der Waals surface area (Å²) >= 11 is 0. The summed E-state index contributed by atoms with van der Waals surface area (Å²) in [6, 6.07) is -1.59. The van der Waals surface area contributed by atoms with Crippen LogP contribution in [-0.2, 0) is 9.59 Å². The smallest absolute Gasteiger partial charge is 0.408 e. The number of likely N-dealkylation sites (tertiary alicyclic amines) is 1. The van der Waals surface area contributed by atoms with Crippen molar-refractivity contribution in [2.45, 2.75) is 101 Å². The summed E-state index contributed by atoms with van der Waals surface area (Å²) in [5.41, 5.74) is 3.43. The highest BCUT2D eigenvalue weighted by atomic mass is 16.4. The highest BCUT2D eigenvalue weighted by molar-refractivity contribution is 5.93. The summed E-state index contributed by atoms with van der Waals surface area (Å²) in [5, 5.41) is 21.6. The molecule has 5 aliphatic carbocycles. The Labute approximate surface area is 183 Å². The lowest BCUT2D eigenvalue weighted by Crippen LogP contribution is -2.70. The molecule has 1 saturated heterocycles. The second kappa shape index (κ2) is 6.36. The number of rotatable bonds is 4. The standard InChI is InChI=1S/C23H35N3O5/c1-21(2,3)26(20(29)30)17(19(28)25-15-5-14(15)6-16(25)18(24)27)22-7-12-4-13(8-22)10-23(31,9-12)11-22/h12-17,31H,4-11H2,1-3H3,(H2,24,27)(H,29,30)/t12-,13+,14-,15-,16-,17+,22?,23?/m0/s1. The van der Waals surface area contributed by atoms with Gasteiger partial charge in [0.05, 0.1) is 5.60 Å². The van der Waals surface area contributed by atoms with Gasteiger partial charge >= 0.3 is 6.09 Å². The maximum atomic E-state index is 14.2. The highest BCUT2D eigenvalue weighted by Gasteiger charge is 2.66. The first-order valence-corrected chi connectivity index (χ1v) is 11.7. The van der Waals surface area contributed by atoms with Crippen LogP contribution in [0.25, 0.3) is 0 Å². The van der Waals surface area contributed by atoms with Crippen molar-refractivity contribution >= 4 is 17.9 Å². The summed E-state index contributed by atoms with van der Waals surface area (Å²) in [5.74, 6) is 0.126. The first-order chi connectivity index (χ1) is 14.3. The van der Waals surface area contributed by atoms with Crippen molar-refractivity contribution in [2.24, 2.45) is 28.9 Å². The molecule has 0 spiro atoms. The van der Waals surface area contributed by atoms with Gasteiger partial charge in [-0.1, -0.05) is 0 Å². The summed E-state index contributed by atoms with van der Waals surface area (Å²) in [4.78, 5) is 41.9. The van der Waals surface area contributed by atoms with Crippen molar-refractivity contribution in [3.05, 3.63) is 0 Å². The number of hydrogen-bond donors (Lipinski definition) is 3. The number of hydrogen-bond acceptors (Lipinski definition) is 4. The van der Waals surface area contributed by atoms with Crippen LogP contribution in [0.3, 0.4) is 0 Å². The molecule has 4 bridgehead atoms. The van der Waals surface area contributed by atoms with Crippen LogP contribution in [0.1, 0.15) is 72.1 Å². The van der Waals surface area contributed by atoms with E-state index >= 15 is 0 Å². The Morgan fingerprint density at radius 3 is 2.16 bits per heavy atom. The minimum absolute atomic E-state index is 0.0138. The molecule has 0 radical (unpaired) electrons. The van der Waals surface area contributed by atoms with E-state index in [1.165, 1.54) is 4.90 Å². The third-order valence-electron chi connectivity index (χ3n) is 8.76. The summed E-state index contributed by atoms with van der Waals surface area (Å²) < 4.78 is 0. The molecule has 4 N–H and O–H groups in total. The van der Waals surface area contributed by atoms with E-state index in [1.54, 1.807) is 4.90 Å². The van der Waals surface area contributed by atoms with Gasteiger partial charge in [0.2, 0.25) is 11.8 Å². The van der Waals surface area contributed by atoms with Gasteiger partial charge in [0.25, 0.3) is 0 Å². The highest BCUT2D eigenvalue weighted by Crippen LogP contribution is 2.64. The Morgan fingerprint density at radius 2 is 1.68 bits per heavy atom. The van der Waals surface area contributed by atoms with E-state index in [0.29, 0.717) is 24.7 Å². The number of nitrogens with two attached hydrogens (primary N) is 1. The van der Waals surface area contributed by atoms with Crippen LogP contribution in [0.15, 0.2) is 0 Å². The number of carboxylic acid groups (broad SMARTS) is 1.